The van der Waals surface area contributed by atoms with Gasteiger partial charge in [-0.1, -0.05) is 18.0 Å². The molecule has 0 radical (unpaired) electrons. The molecule has 0 spiro atoms. The number of sulfonamides is 1. The number of thiophene rings is 1. The third-order valence-corrected chi connectivity index (χ3v) is 6.89. The average molecular weight is 345 g/mol. The second-order valence-corrected chi connectivity index (χ2v) is 8.27. The highest BCUT2D eigenvalue weighted by molar-refractivity contribution is 7.91. The van der Waals surface area contributed by atoms with Crippen LogP contribution in [0.2, 0.25) is 4.34 Å². The first-order chi connectivity index (χ1) is 8.44. The lowest BCUT2D eigenvalue weighted by Gasteiger charge is -2.18. The van der Waals surface area contributed by atoms with Gasteiger partial charge >= 0.3 is 0 Å². The second-order valence-electron chi connectivity index (χ2n) is 4.68. The van der Waals surface area contributed by atoms with Crippen LogP contribution < -0.4 is 10.5 Å². The molecule has 1 aliphatic rings. The lowest BCUT2D eigenvalue weighted by Crippen LogP contribution is -2.39. The molecule has 0 aromatic carbocycles. The summed E-state index contributed by atoms with van der Waals surface area (Å²) in [6.07, 6.45) is 2.88. The van der Waals surface area contributed by atoms with Gasteiger partial charge in [0.25, 0.3) is 0 Å². The van der Waals surface area contributed by atoms with E-state index in [2.05, 4.69) is 4.72 Å². The predicted octanol–water partition coefficient (Wildman–Crippen LogP) is 2.54. The lowest BCUT2D eigenvalue weighted by molar-refractivity contribution is 0.453. The van der Waals surface area contributed by atoms with Crippen LogP contribution >= 0.6 is 35.3 Å². The number of nitrogens with one attached hydrogen (secondary N) is 1. The van der Waals surface area contributed by atoms with Crippen LogP contribution in [0.25, 0.3) is 0 Å². The fourth-order valence-corrected chi connectivity index (χ4v) is 5.36. The van der Waals surface area contributed by atoms with Gasteiger partial charge in [0.05, 0.1) is 4.34 Å². The summed E-state index contributed by atoms with van der Waals surface area (Å²) < 4.78 is 28.0. The zero-order valence-electron chi connectivity index (χ0n) is 10.6. The molecule has 2 unspecified atom stereocenters. The Balaban J connectivity index is 0.00000180. The summed E-state index contributed by atoms with van der Waals surface area (Å²) >= 11 is 7.01. The molecule has 1 fully saturated rings. The van der Waals surface area contributed by atoms with E-state index in [9.17, 15) is 8.42 Å². The van der Waals surface area contributed by atoms with Crippen LogP contribution in [0.1, 0.15) is 24.8 Å². The Bertz CT molecular complexity index is 511. The molecule has 8 heteroatoms. The Morgan fingerprint density at radius 1 is 1.53 bits per heavy atom. The molecule has 1 saturated carbocycles. The molecule has 0 aliphatic heterocycles. The van der Waals surface area contributed by atoms with E-state index in [-0.39, 0.29) is 28.6 Å². The summed E-state index contributed by atoms with van der Waals surface area (Å²) in [5.74, 6) is 0.247. The minimum Gasteiger partial charge on any atom is -0.330 e. The summed E-state index contributed by atoms with van der Waals surface area (Å²) in [7, 11) is -3.46. The van der Waals surface area contributed by atoms with Gasteiger partial charge in [0.2, 0.25) is 10.0 Å². The van der Waals surface area contributed by atoms with Gasteiger partial charge in [0.15, 0.2) is 0 Å². The van der Waals surface area contributed by atoms with Crippen LogP contribution in [-0.2, 0) is 10.0 Å². The topological polar surface area (TPSA) is 72.2 Å². The van der Waals surface area contributed by atoms with Crippen molar-refractivity contribution in [3.63, 3.8) is 0 Å². The predicted molar refractivity (Wildman–Crippen MR) is 81.8 cm³/mol. The monoisotopic (exact) mass is 344 g/mol. The van der Waals surface area contributed by atoms with Crippen LogP contribution in [-0.4, -0.2) is 21.0 Å². The number of aryl methyl sites for hydroxylation is 1. The third-order valence-electron chi connectivity index (χ3n) is 3.37. The van der Waals surface area contributed by atoms with Crippen molar-refractivity contribution in [2.45, 2.75) is 36.4 Å². The third kappa shape index (κ3) is 3.83. The van der Waals surface area contributed by atoms with E-state index in [4.69, 9.17) is 17.3 Å². The Kier molecular flexibility index (Phi) is 6.10. The molecule has 2 atom stereocenters. The first kappa shape index (κ1) is 17.2. The second kappa shape index (κ2) is 6.74. The Morgan fingerprint density at radius 3 is 2.74 bits per heavy atom. The fourth-order valence-electron chi connectivity index (χ4n) is 2.30. The van der Waals surface area contributed by atoms with Crippen molar-refractivity contribution in [3.8, 4) is 0 Å². The number of halogens is 2. The molecule has 1 aromatic rings. The highest BCUT2D eigenvalue weighted by atomic mass is 35.5. The molecule has 4 nitrogen and oxygen atoms in total. The highest BCUT2D eigenvalue weighted by Crippen LogP contribution is 2.32. The summed E-state index contributed by atoms with van der Waals surface area (Å²) in [5.41, 5.74) is 6.45. The molecule has 0 amide bonds. The van der Waals surface area contributed by atoms with Crippen LogP contribution in [0.4, 0.5) is 0 Å². The van der Waals surface area contributed by atoms with E-state index in [1.807, 2.05) is 0 Å². The summed E-state index contributed by atoms with van der Waals surface area (Å²) in [5, 5.41) is 0. The molecule has 0 bridgehead atoms. The maximum Gasteiger partial charge on any atom is 0.250 e. The molecule has 110 valence electrons. The molecule has 2 rings (SSSR count). The van der Waals surface area contributed by atoms with Gasteiger partial charge < -0.3 is 5.73 Å². The molecular weight excluding hydrogens is 327 g/mol. The number of hydrogen-bond acceptors (Lipinski definition) is 4. The summed E-state index contributed by atoms with van der Waals surface area (Å²) in [6, 6.07) is 1.57. The van der Waals surface area contributed by atoms with E-state index in [1.165, 1.54) is 0 Å². The maximum absolute atomic E-state index is 12.2. The van der Waals surface area contributed by atoms with Gasteiger partial charge in [-0.2, -0.15) is 0 Å². The summed E-state index contributed by atoms with van der Waals surface area (Å²) in [4.78, 5) is 0. The van der Waals surface area contributed by atoms with Gasteiger partial charge in [0.1, 0.15) is 4.21 Å². The summed E-state index contributed by atoms with van der Waals surface area (Å²) in [6.45, 7) is 2.33. The van der Waals surface area contributed by atoms with Gasteiger partial charge in [0, 0.05) is 6.04 Å². The number of rotatable bonds is 4. The standard InChI is InChI=1S/C11H17ClN2O2S2.ClH/c1-7-5-10(17-11(7)12)18(15,16)14-9-4-2-3-8(9)6-13;/h5,8-9,14H,2-4,6,13H2,1H3;1H. The molecule has 3 N–H and O–H groups in total. The smallest absolute Gasteiger partial charge is 0.250 e. The zero-order chi connectivity index (χ0) is 13.3. The highest BCUT2D eigenvalue weighted by Gasteiger charge is 2.31. The van der Waals surface area contributed by atoms with E-state index in [1.54, 1.807) is 13.0 Å². The van der Waals surface area contributed by atoms with Gasteiger partial charge in [-0.3, -0.25) is 0 Å². The van der Waals surface area contributed by atoms with Gasteiger partial charge in [-0.25, -0.2) is 13.1 Å². The first-order valence-electron chi connectivity index (χ1n) is 5.92. The van der Waals surface area contributed by atoms with E-state index < -0.39 is 10.0 Å². The SMILES string of the molecule is Cc1cc(S(=O)(=O)NC2CCCC2CN)sc1Cl.Cl. The van der Waals surface area contributed by atoms with Crippen LogP contribution in [0.15, 0.2) is 10.3 Å². The number of nitrogens with two attached hydrogens (primary N) is 1. The molecule has 1 aliphatic carbocycles. The van der Waals surface area contributed by atoms with Crippen molar-refractivity contribution in [3.05, 3.63) is 16.0 Å². The van der Waals surface area contributed by atoms with Gasteiger partial charge in [-0.05, 0) is 43.9 Å². The van der Waals surface area contributed by atoms with Crippen molar-refractivity contribution in [2.75, 3.05) is 6.54 Å². The largest absolute Gasteiger partial charge is 0.330 e. The molecule has 0 saturated heterocycles. The van der Waals surface area contributed by atoms with Crippen LogP contribution in [0, 0.1) is 12.8 Å². The molecule has 1 heterocycles. The van der Waals surface area contributed by atoms with E-state index in [0.717, 1.165) is 36.2 Å². The Morgan fingerprint density at radius 2 is 2.21 bits per heavy atom. The fraction of sp³-hybridized carbons (Fsp3) is 0.636. The van der Waals surface area contributed by atoms with E-state index >= 15 is 0 Å². The van der Waals surface area contributed by atoms with Crippen molar-refractivity contribution < 1.29 is 8.42 Å². The maximum atomic E-state index is 12.2. The van der Waals surface area contributed by atoms with Crippen molar-refractivity contribution in [1.29, 1.82) is 0 Å². The average Bonchev–Trinajstić information content (AvgIpc) is 2.86. The van der Waals surface area contributed by atoms with Crippen molar-refractivity contribution in [2.24, 2.45) is 11.7 Å². The van der Waals surface area contributed by atoms with E-state index in [0.29, 0.717) is 10.9 Å². The molecule has 19 heavy (non-hydrogen) atoms. The van der Waals surface area contributed by atoms with Crippen molar-refractivity contribution >= 4 is 45.4 Å². The first-order valence-corrected chi connectivity index (χ1v) is 8.60. The Labute approximate surface area is 129 Å². The Hall–Kier alpha value is 0.150. The van der Waals surface area contributed by atoms with Crippen LogP contribution in [0.5, 0.6) is 0 Å². The molecular formula is C11H18Cl2N2O2S2. The van der Waals surface area contributed by atoms with Gasteiger partial charge in [-0.15, -0.1) is 23.7 Å². The quantitative estimate of drug-likeness (QED) is 0.881. The minimum atomic E-state index is -3.46. The van der Waals surface area contributed by atoms with Crippen LogP contribution in [0.3, 0.4) is 0 Å². The lowest BCUT2D eigenvalue weighted by atomic mass is 10.1. The zero-order valence-corrected chi connectivity index (χ0v) is 13.8. The van der Waals surface area contributed by atoms with Crippen molar-refractivity contribution in [1.82, 2.24) is 4.72 Å². The molecule has 1 aromatic heterocycles. The minimum absolute atomic E-state index is 0. The number of hydrogen-bond donors (Lipinski definition) is 2. The normalized spacial score (nSPS) is 23.3.